The maximum atomic E-state index is 12.3. The minimum Gasteiger partial charge on any atom is -0.344 e. The summed E-state index contributed by atoms with van der Waals surface area (Å²) in [5.41, 5.74) is -1.14. The Labute approximate surface area is 81.4 Å². The van der Waals surface area contributed by atoms with Gasteiger partial charge in [-0.3, -0.25) is 0 Å². The Balaban J connectivity index is 2.76. The van der Waals surface area contributed by atoms with Crippen molar-refractivity contribution in [3.8, 4) is 6.07 Å². The lowest BCUT2D eigenvalue weighted by molar-refractivity contribution is -0.141. The van der Waals surface area contributed by atoms with Crippen LogP contribution in [0.4, 0.5) is 13.2 Å². The zero-order chi connectivity index (χ0) is 11.1. The fraction of sp³-hybridized carbons (Fsp3) is 0.125. The second kappa shape index (κ2) is 2.95. The highest BCUT2D eigenvalue weighted by atomic mass is 19.4. The topological polar surface area (TPSA) is 65.4 Å². The van der Waals surface area contributed by atoms with Crippen molar-refractivity contribution in [3.63, 3.8) is 0 Å². The number of hydrogen-bond acceptors (Lipinski definition) is 3. The first-order valence-electron chi connectivity index (χ1n) is 3.84. The van der Waals surface area contributed by atoms with Gasteiger partial charge in [-0.25, -0.2) is 9.97 Å². The molecular weight excluding hydrogens is 209 g/mol. The van der Waals surface area contributed by atoms with Gasteiger partial charge in [0.15, 0.2) is 5.69 Å². The van der Waals surface area contributed by atoms with Crippen molar-refractivity contribution >= 4 is 11.0 Å². The third-order valence-electron chi connectivity index (χ3n) is 1.80. The standard InChI is InChI=1S/C8H3F3N4/c9-8(10,11)6-1-4-7(14-3-13-4)5(2-12)15-6/h1,3H,(H,13,14). The van der Waals surface area contributed by atoms with E-state index in [2.05, 4.69) is 15.0 Å². The van der Waals surface area contributed by atoms with E-state index in [0.29, 0.717) is 0 Å². The molecule has 0 atom stereocenters. The Morgan fingerprint density at radius 3 is 2.73 bits per heavy atom. The number of halogens is 3. The lowest BCUT2D eigenvalue weighted by Crippen LogP contribution is -2.09. The molecule has 0 aliphatic rings. The number of pyridine rings is 1. The number of rotatable bonds is 0. The van der Waals surface area contributed by atoms with Crippen LogP contribution in [0.2, 0.25) is 0 Å². The molecule has 0 aliphatic carbocycles. The van der Waals surface area contributed by atoms with Crippen LogP contribution in [0.3, 0.4) is 0 Å². The number of hydrogen-bond donors (Lipinski definition) is 1. The summed E-state index contributed by atoms with van der Waals surface area (Å²) >= 11 is 0. The minimum atomic E-state index is -4.56. The Bertz CT molecular complexity index is 549. The van der Waals surface area contributed by atoms with E-state index in [-0.39, 0.29) is 16.7 Å². The van der Waals surface area contributed by atoms with Crippen LogP contribution in [-0.2, 0) is 6.18 Å². The molecule has 0 unspecified atom stereocenters. The van der Waals surface area contributed by atoms with Gasteiger partial charge in [-0.1, -0.05) is 0 Å². The van der Waals surface area contributed by atoms with Gasteiger partial charge in [-0.15, -0.1) is 0 Å². The number of nitriles is 1. The molecule has 0 aromatic carbocycles. The molecule has 4 nitrogen and oxygen atoms in total. The smallest absolute Gasteiger partial charge is 0.344 e. The molecule has 0 saturated carbocycles. The zero-order valence-electron chi connectivity index (χ0n) is 7.13. The van der Waals surface area contributed by atoms with E-state index in [1.54, 1.807) is 6.07 Å². The van der Waals surface area contributed by atoms with Crippen LogP contribution in [0, 0.1) is 11.3 Å². The first-order chi connectivity index (χ1) is 7.02. The summed E-state index contributed by atoms with van der Waals surface area (Å²) < 4.78 is 37.0. The van der Waals surface area contributed by atoms with Crippen LogP contribution in [0.25, 0.3) is 11.0 Å². The highest BCUT2D eigenvalue weighted by Crippen LogP contribution is 2.29. The predicted molar refractivity (Wildman–Crippen MR) is 43.6 cm³/mol. The largest absolute Gasteiger partial charge is 0.433 e. The van der Waals surface area contributed by atoms with Gasteiger partial charge in [0.1, 0.15) is 17.3 Å². The van der Waals surface area contributed by atoms with E-state index in [1.165, 1.54) is 6.33 Å². The maximum absolute atomic E-state index is 12.3. The van der Waals surface area contributed by atoms with E-state index in [1.807, 2.05) is 0 Å². The molecule has 0 bridgehead atoms. The normalized spacial score (nSPS) is 11.6. The van der Waals surface area contributed by atoms with Crippen molar-refractivity contribution < 1.29 is 13.2 Å². The Morgan fingerprint density at radius 1 is 1.40 bits per heavy atom. The van der Waals surface area contributed by atoms with Gasteiger partial charge in [0.25, 0.3) is 0 Å². The fourth-order valence-corrected chi connectivity index (χ4v) is 1.17. The van der Waals surface area contributed by atoms with E-state index in [9.17, 15) is 13.2 Å². The number of nitrogens with one attached hydrogen (secondary N) is 1. The molecule has 2 rings (SSSR count). The van der Waals surface area contributed by atoms with Gasteiger partial charge >= 0.3 is 6.18 Å². The van der Waals surface area contributed by atoms with Crippen LogP contribution in [0.1, 0.15) is 11.4 Å². The van der Waals surface area contributed by atoms with Gasteiger partial charge in [-0.05, 0) is 6.07 Å². The van der Waals surface area contributed by atoms with Crippen LogP contribution in [-0.4, -0.2) is 15.0 Å². The predicted octanol–water partition coefficient (Wildman–Crippen LogP) is 1.85. The van der Waals surface area contributed by atoms with E-state index >= 15 is 0 Å². The van der Waals surface area contributed by atoms with Gasteiger partial charge in [0, 0.05) is 0 Å². The van der Waals surface area contributed by atoms with Crippen molar-refractivity contribution in [2.75, 3.05) is 0 Å². The van der Waals surface area contributed by atoms with Crippen molar-refractivity contribution in [1.29, 1.82) is 5.26 Å². The molecule has 0 spiro atoms. The average Bonchev–Trinajstić information content (AvgIpc) is 2.62. The van der Waals surface area contributed by atoms with Crippen LogP contribution in [0.15, 0.2) is 12.4 Å². The Hall–Kier alpha value is -2.10. The summed E-state index contributed by atoms with van der Waals surface area (Å²) in [6, 6.07) is 2.40. The Morgan fingerprint density at radius 2 is 2.13 bits per heavy atom. The van der Waals surface area contributed by atoms with Crippen molar-refractivity contribution in [2.45, 2.75) is 6.18 Å². The monoisotopic (exact) mass is 212 g/mol. The molecule has 15 heavy (non-hydrogen) atoms. The third kappa shape index (κ3) is 1.50. The molecule has 0 aliphatic heterocycles. The molecule has 0 radical (unpaired) electrons. The lowest BCUT2D eigenvalue weighted by atomic mass is 10.2. The lowest BCUT2D eigenvalue weighted by Gasteiger charge is -2.05. The van der Waals surface area contributed by atoms with Gasteiger partial charge in [-0.2, -0.15) is 18.4 Å². The molecule has 0 saturated heterocycles. The van der Waals surface area contributed by atoms with Crippen molar-refractivity contribution in [3.05, 3.63) is 23.8 Å². The Kier molecular flexibility index (Phi) is 1.86. The number of nitrogens with zero attached hydrogens (tertiary/aromatic N) is 3. The number of aromatic amines is 1. The van der Waals surface area contributed by atoms with Crippen LogP contribution in [0.5, 0.6) is 0 Å². The summed E-state index contributed by atoms with van der Waals surface area (Å²) in [6.45, 7) is 0. The number of alkyl halides is 3. The molecule has 2 aromatic heterocycles. The third-order valence-corrected chi connectivity index (χ3v) is 1.80. The van der Waals surface area contributed by atoms with Crippen LogP contribution >= 0.6 is 0 Å². The summed E-state index contributed by atoms with van der Waals surface area (Å²) in [7, 11) is 0. The SMILES string of the molecule is N#Cc1nc(C(F)(F)F)cc2[nH]cnc12. The molecule has 76 valence electrons. The van der Waals surface area contributed by atoms with Crippen molar-refractivity contribution in [2.24, 2.45) is 0 Å². The average molecular weight is 212 g/mol. The van der Waals surface area contributed by atoms with E-state index in [0.717, 1.165) is 6.07 Å². The minimum absolute atomic E-state index is 0.144. The summed E-state index contributed by atoms with van der Waals surface area (Å²) in [6.07, 6.45) is -3.35. The van der Waals surface area contributed by atoms with E-state index < -0.39 is 11.9 Å². The second-order valence-corrected chi connectivity index (χ2v) is 2.76. The van der Waals surface area contributed by atoms with Gasteiger partial charge < -0.3 is 4.98 Å². The fourth-order valence-electron chi connectivity index (χ4n) is 1.17. The number of fused-ring (bicyclic) bond motifs is 1. The quantitative estimate of drug-likeness (QED) is 0.724. The summed E-state index contributed by atoms with van der Waals surface area (Å²) in [4.78, 5) is 9.40. The van der Waals surface area contributed by atoms with Gasteiger partial charge in [0.05, 0.1) is 11.8 Å². The zero-order valence-corrected chi connectivity index (χ0v) is 7.13. The number of H-pyrrole nitrogens is 1. The van der Waals surface area contributed by atoms with Crippen molar-refractivity contribution in [1.82, 2.24) is 15.0 Å². The highest BCUT2D eigenvalue weighted by Gasteiger charge is 2.33. The van der Waals surface area contributed by atoms with Gasteiger partial charge in [0.2, 0.25) is 0 Å². The molecule has 2 heterocycles. The summed E-state index contributed by atoms with van der Waals surface area (Å²) in [5.74, 6) is 0. The molecule has 2 aromatic rings. The first kappa shape index (κ1) is 9.45. The van der Waals surface area contributed by atoms with E-state index in [4.69, 9.17) is 5.26 Å². The number of imidazole rings is 1. The second-order valence-electron chi connectivity index (χ2n) is 2.76. The first-order valence-corrected chi connectivity index (χ1v) is 3.84. The highest BCUT2D eigenvalue weighted by molar-refractivity contribution is 5.79. The molecular formula is C8H3F3N4. The maximum Gasteiger partial charge on any atom is 0.433 e. The van der Waals surface area contributed by atoms with Crippen LogP contribution < -0.4 is 0 Å². The molecule has 0 amide bonds. The molecule has 7 heteroatoms. The summed E-state index contributed by atoms with van der Waals surface area (Å²) in [5, 5.41) is 8.61. The molecule has 1 N–H and O–H groups in total. The molecule has 0 fully saturated rings. The number of aromatic nitrogens is 3.